The van der Waals surface area contributed by atoms with Gasteiger partial charge in [0.1, 0.15) is 11.3 Å². The number of benzene rings is 2. The second-order valence-corrected chi connectivity index (χ2v) is 14.4. The second-order valence-electron chi connectivity index (χ2n) is 11.3. The third-order valence-electron chi connectivity index (χ3n) is 8.00. The summed E-state index contributed by atoms with van der Waals surface area (Å²) in [5.41, 5.74) is 4.19. The smallest absolute Gasteiger partial charge is 0.748 e. The maximum absolute atomic E-state index is 11.2. The van der Waals surface area contributed by atoms with Crippen LogP contribution >= 0.6 is 0 Å². The van der Waals surface area contributed by atoms with Crippen molar-refractivity contribution in [2.45, 2.75) is 32.2 Å². The summed E-state index contributed by atoms with van der Waals surface area (Å²) in [6.07, 6.45) is 6.99. The first kappa shape index (κ1) is 36.4. The first-order valence-corrected chi connectivity index (χ1v) is 18.2. The van der Waals surface area contributed by atoms with E-state index < -0.39 is 31.7 Å². The zero-order valence-corrected chi connectivity index (χ0v) is 31.6. The predicted molar refractivity (Wildman–Crippen MR) is 176 cm³/mol. The maximum atomic E-state index is 11.2. The molecule has 4 heterocycles. The monoisotopic (exact) mass is 716 g/mol. The van der Waals surface area contributed by atoms with Gasteiger partial charge in [0.2, 0.25) is 5.82 Å². The SMILES string of the molecule is CN1C(=CC=Cc2n(CCCCS(=O)(=O)[O-])c3nc4ccccc4nc3[n+]2C)N(CCCCS(=O)(=O)[O-])c2nc3ccccc3nc21.[K+]. The molecule has 6 rings (SSSR count). The van der Waals surface area contributed by atoms with Gasteiger partial charge in [0.25, 0.3) is 5.65 Å². The Balaban J connectivity index is 0.00000451. The van der Waals surface area contributed by atoms with Gasteiger partial charge in [0.05, 0.1) is 44.9 Å². The molecule has 0 unspecified atom stereocenters. The summed E-state index contributed by atoms with van der Waals surface area (Å²) in [6, 6.07) is 15.1. The van der Waals surface area contributed by atoms with E-state index >= 15 is 0 Å². The summed E-state index contributed by atoms with van der Waals surface area (Å²) in [6.45, 7) is 0.827. The molecular weight excluding hydrogens is 684 g/mol. The molecule has 5 aromatic rings. The zero-order chi connectivity index (χ0) is 33.3. The number of imidazole rings is 1. The van der Waals surface area contributed by atoms with Gasteiger partial charge in [-0.1, -0.05) is 35.3 Å². The van der Waals surface area contributed by atoms with Crippen LogP contribution in [-0.2, 0) is 33.8 Å². The Morgan fingerprint density at radius 3 is 1.85 bits per heavy atom. The van der Waals surface area contributed by atoms with Crippen molar-refractivity contribution in [3.8, 4) is 0 Å². The molecule has 2 aromatic carbocycles. The molecule has 17 heteroatoms. The number of unbranched alkanes of at least 4 members (excludes halogenated alkanes) is 2. The van der Waals surface area contributed by atoms with E-state index in [9.17, 15) is 25.9 Å². The fraction of sp³-hybridized carbons (Fsp3) is 0.323. The first-order valence-electron chi connectivity index (χ1n) is 15.1. The quantitative estimate of drug-likeness (QED) is 0.0720. The number of aryl methyl sites for hydroxylation is 2. The number of allylic oxidation sites excluding steroid dienone is 2. The zero-order valence-electron chi connectivity index (χ0n) is 26.9. The van der Waals surface area contributed by atoms with Gasteiger partial charge in [-0.3, -0.25) is 0 Å². The molecule has 0 spiro atoms. The van der Waals surface area contributed by atoms with E-state index in [2.05, 4.69) is 0 Å². The van der Waals surface area contributed by atoms with Gasteiger partial charge in [-0.15, -0.1) is 0 Å². The van der Waals surface area contributed by atoms with Gasteiger partial charge >= 0.3 is 57.0 Å². The number of hydrogen-bond acceptors (Lipinski definition) is 12. The standard InChI is InChI=1S/C31H34N8O6S2.K/c1-36-26(38(18-7-9-20-46(40,41)42)30-28(36)32-22-12-3-5-14-24(22)34-30)16-11-17-27-37(2)29-31(35-25-15-6-4-13-23(25)33-29)39(27)19-8-10-21-47(43,44)45;/h3-6,11-17H,7-10,18-21H2,1-2H3,(H-,40,41,42,43,44,45);/q;+1/p-1. The van der Waals surface area contributed by atoms with Gasteiger partial charge < -0.3 is 18.9 Å². The van der Waals surface area contributed by atoms with E-state index in [0.29, 0.717) is 48.9 Å². The van der Waals surface area contributed by atoms with Crippen LogP contribution in [0.2, 0.25) is 0 Å². The van der Waals surface area contributed by atoms with Crippen molar-refractivity contribution in [2.24, 2.45) is 7.05 Å². The van der Waals surface area contributed by atoms with Crippen molar-refractivity contribution in [2.75, 3.05) is 34.9 Å². The molecule has 0 aliphatic carbocycles. The normalized spacial score (nSPS) is 14.5. The van der Waals surface area contributed by atoms with Crippen LogP contribution in [0.5, 0.6) is 0 Å². The van der Waals surface area contributed by atoms with Crippen LogP contribution in [0.3, 0.4) is 0 Å². The van der Waals surface area contributed by atoms with Gasteiger partial charge in [-0.25, -0.2) is 40.9 Å². The van der Waals surface area contributed by atoms with Gasteiger partial charge in [-0.2, -0.15) is 0 Å². The van der Waals surface area contributed by atoms with Crippen molar-refractivity contribution >= 4 is 71.3 Å². The van der Waals surface area contributed by atoms with Crippen LogP contribution in [0.1, 0.15) is 31.5 Å². The molecule has 1 aliphatic rings. The molecular formula is C31H33KN8O6S2. The molecule has 0 amide bonds. The molecule has 0 atom stereocenters. The van der Waals surface area contributed by atoms with Crippen LogP contribution in [0, 0.1) is 0 Å². The average Bonchev–Trinajstić information content (AvgIpc) is 3.42. The van der Waals surface area contributed by atoms with Gasteiger partial charge in [-0.05, 0) is 56.0 Å². The summed E-state index contributed by atoms with van der Waals surface area (Å²) in [5.74, 6) is 1.90. The largest absolute Gasteiger partial charge is 1.00 e. The maximum Gasteiger partial charge on any atom is 1.00 e. The number of rotatable bonds is 12. The van der Waals surface area contributed by atoms with Crippen molar-refractivity contribution in [1.82, 2.24) is 24.5 Å². The number of para-hydroxylation sites is 4. The number of anilines is 2. The summed E-state index contributed by atoms with van der Waals surface area (Å²) < 4.78 is 71.1. The number of hydrogen-bond donors (Lipinski definition) is 0. The van der Waals surface area contributed by atoms with Crippen LogP contribution in [-0.4, -0.2) is 75.5 Å². The Labute approximate surface area is 321 Å². The van der Waals surface area contributed by atoms with Crippen molar-refractivity contribution in [1.29, 1.82) is 0 Å². The van der Waals surface area contributed by atoms with Crippen LogP contribution in [0.25, 0.3) is 39.4 Å². The summed E-state index contributed by atoms with van der Waals surface area (Å²) in [4.78, 5) is 23.3. The summed E-state index contributed by atoms with van der Waals surface area (Å²) in [7, 11) is -4.88. The van der Waals surface area contributed by atoms with Gasteiger partial charge in [0.15, 0.2) is 17.2 Å². The van der Waals surface area contributed by atoms with E-state index in [-0.39, 0.29) is 64.2 Å². The molecule has 0 saturated heterocycles. The first-order chi connectivity index (χ1) is 22.4. The average molecular weight is 717 g/mol. The number of fused-ring (bicyclic) bond motifs is 4. The Morgan fingerprint density at radius 2 is 1.27 bits per heavy atom. The minimum absolute atomic E-state index is 0. The third-order valence-corrected chi connectivity index (χ3v) is 9.58. The third kappa shape index (κ3) is 8.11. The molecule has 0 saturated carbocycles. The number of nitrogens with zero attached hydrogens (tertiary/aromatic N) is 8. The van der Waals surface area contributed by atoms with Crippen molar-refractivity contribution < 1.29 is 81.9 Å². The summed E-state index contributed by atoms with van der Waals surface area (Å²) >= 11 is 0. The van der Waals surface area contributed by atoms with E-state index in [1.165, 1.54) is 0 Å². The van der Waals surface area contributed by atoms with Crippen LogP contribution in [0.15, 0.2) is 66.5 Å². The molecule has 0 fully saturated rings. The van der Waals surface area contributed by atoms with Crippen molar-refractivity contribution in [3.05, 3.63) is 72.3 Å². The molecule has 0 radical (unpaired) electrons. The minimum Gasteiger partial charge on any atom is -0.748 e. The Bertz CT molecular complexity index is 2280. The topological polar surface area (TPSA) is 181 Å². The fourth-order valence-electron chi connectivity index (χ4n) is 5.73. The molecule has 48 heavy (non-hydrogen) atoms. The van der Waals surface area contributed by atoms with Crippen molar-refractivity contribution in [3.63, 3.8) is 0 Å². The summed E-state index contributed by atoms with van der Waals surface area (Å²) in [5, 5.41) is 0. The van der Waals surface area contributed by atoms with E-state index in [1.807, 2.05) is 99.8 Å². The van der Waals surface area contributed by atoms with Crippen LogP contribution < -0.4 is 65.8 Å². The number of aromatic nitrogens is 6. The second kappa shape index (κ2) is 14.9. The van der Waals surface area contributed by atoms with E-state index in [0.717, 1.165) is 33.7 Å². The van der Waals surface area contributed by atoms with E-state index in [4.69, 9.17) is 19.9 Å². The Kier molecular flexibility index (Phi) is 11.3. The Morgan fingerprint density at radius 1 is 0.750 bits per heavy atom. The van der Waals surface area contributed by atoms with Crippen LogP contribution in [0.4, 0.5) is 11.6 Å². The molecule has 0 N–H and O–H groups in total. The molecule has 1 aliphatic heterocycles. The predicted octanol–water partition coefficient (Wildman–Crippen LogP) is -0.182. The molecule has 246 valence electrons. The molecule has 0 bridgehead atoms. The molecule has 3 aromatic heterocycles. The molecule has 14 nitrogen and oxygen atoms in total. The van der Waals surface area contributed by atoms with E-state index in [1.54, 1.807) is 0 Å². The minimum atomic E-state index is -4.32. The van der Waals surface area contributed by atoms with Gasteiger partial charge in [0, 0.05) is 31.2 Å². The fourth-order valence-corrected chi connectivity index (χ4v) is 6.85. The Hall–Kier alpha value is -2.87.